The number of carbonyl (C=O) groups is 2. The lowest BCUT2D eigenvalue weighted by molar-refractivity contribution is -0.138. The fourth-order valence-electron chi connectivity index (χ4n) is 0.270. The molecule has 0 rings (SSSR count). The van der Waals surface area contributed by atoms with E-state index in [4.69, 9.17) is 10.8 Å². The smallest absolute Gasteiger partial charge is 0.332 e. The minimum atomic E-state index is -1.20. The number of esters is 1. The van der Waals surface area contributed by atoms with Crippen molar-refractivity contribution in [2.75, 3.05) is 6.73 Å². The predicted molar refractivity (Wildman–Crippen MR) is 31.9 cm³/mol. The van der Waals surface area contributed by atoms with Crippen molar-refractivity contribution in [2.45, 2.75) is 0 Å². The number of rotatable bonds is 3. The van der Waals surface area contributed by atoms with Crippen LogP contribution in [0.25, 0.3) is 0 Å². The van der Waals surface area contributed by atoms with E-state index in [1.54, 1.807) is 0 Å². The van der Waals surface area contributed by atoms with Crippen LogP contribution in [-0.2, 0) is 14.3 Å². The van der Waals surface area contributed by atoms with Crippen molar-refractivity contribution < 1.29 is 19.4 Å². The number of ether oxygens (including phenoxy) is 1. The molecular formula is C5H7NO4. The van der Waals surface area contributed by atoms with Crippen LogP contribution in [0.3, 0.4) is 0 Å². The molecule has 10 heavy (non-hydrogen) atoms. The molecule has 0 aromatic rings. The van der Waals surface area contributed by atoms with Gasteiger partial charge in [0.15, 0.2) is 0 Å². The quantitative estimate of drug-likeness (QED) is 0.304. The Morgan fingerprint density at radius 3 is 2.50 bits per heavy atom. The standard InChI is InChI=1S/C5H7NO4/c6-3-10-5(9)2-1-4(7)8/h1-2H,3,6H2,(H,7,8)/b2-1+. The molecule has 0 fully saturated rings. The molecular weight excluding hydrogens is 138 g/mol. The molecule has 56 valence electrons. The van der Waals surface area contributed by atoms with Crippen LogP contribution in [0.15, 0.2) is 12.2 Å². The Bertz CT molecular complexity index is 163. The summed E-state index contributed by atoms with van der Waals surface area (Å²) in [7, 11) is 0. The number of carbonyl (C=O) groups excluding carboxylic acids is 1. The van der Waals surface area contributed by atoms with E-state index in [0.29, 0.717) is 6.08 Å². The van der Waals surface area contributed by atoms with Gasteiger partial charge in [0.25, 0.3) is 0 Å². The molecule has 0 aliphatic heterocycles. The Kier molecular flexibility index (Phi) is 3.90. The van der Waals surface area contributed by atoms with E-state index < -0.39 is 11.9 Å². The maximum atomic E-state index is 10.3. The van der Waals surface area contributed by atoms with Crippen molar-refractivity contribution in [1.29, 1.82) is 0 Å². The summed E-state index contributed by atoms with van der Waals surface area (Å²) in [4.78, 5) is 20.1. The van der Waals surface area contributed by atoms with Crippen molar-refractivity contribution in [3.05, 3.63) is 12.2 Å². The summed E-state index contributed by atoms with van der Waals surface area (Å²) in [6, 6.07) is 0. The second kappa shape index (κ2) is 4.51. The predicted octanol–water partition coefficient (Wildman–Crippen LogP) is -0.913. The first-order chi connectivity index (χ1) is 4.66. The maximum Gasteiger partial charge on any atom is 0.332 e. The van der Waals surface area contributed by atoms with Crippen molar-refractivity contribution >= 4 is 11.9 Å². The molecule has 0 spiro atoms. The number of carboxylic acids is 1. The number of carboxylic acid groups (broad SMARTS) is 1. The van der Waals surface area contributed by atoms with Gasteiger partial charge in [-0.3, -0.25) is 5.73 Å². The van der Waals surface area contributed by atoms with Crippen molar-refractivity contribution in [2.24, 2.45) is 5.73 Å². The zero-order valence-corrected chi connectivity index (χ0v) is 5.11. The molecule has 3 N–H and O–H groups in total. The Morgan fingerprint density at radius 2 is 2.10 bits per heavy atom. The highest BCUT2D eigenvalue weighted by atomic mass is 16.5. The summed E-state index contributed by atoms with van der Waals surface area (Å²) in [5, 5.41) is 8.00. The third-order valence-electron chi connectivity index (χ3n) is 0.588. The van der Waals surface area contributed by atoms with Crippen molar-refractivity contribution in [3.8, 4) is 0 Å². The highest BCUT2D eigenvalue weighted by molar-refractivity contribution is 5.90. The first-order valence-electron chi connectivity index (χ1n) is 2.44. The average Bonchev–Trinajstić information content (AvgIpc) is 1.85. The molecule has 0 radical (unpaired) electrons. The van der Waals surface area contributed by atoms with Crippen LogP contribution in [0.4, 0.5) is 0 Å². The largest absolute Gasteiger partial charge is 0.478 e. The lowest BCUT2D eigenvalue weighted by Crippen LogP contribution is -2.09. The van der Waals surface area contributed by atoms with E-state index in [1.807, 2.05) is 0 Å². The normalized spacial score (nSPS) is 9.70. The second-order valence-corrected chi connectivity index (χ2v) is 1.30. The molecule has 5 heteroatoms. The summed E-state index contributed by atoms with van der Waals surface area (Å²) < 4.78 is 4.18. The first-order valence-corrected chi connectivity index (χ1v) is 2.44. The number of aliphatic carboxylic acids is 1. The van der Waals surface area contributed by atoms with Gasteiger partial charge in [0, 0.05) is 12.2 Å². The van der Waals surface area contributed by atoms with Gasteiger partial charge in [0.05, 0.1) is 0 Å². The minimum absolute atomic E-state index is 0.247. The van der Waals surface area contributed by atoms with Gasteiger partial charge in [0.1, 0.15) is 6.73 Å². The molecule has 0 atom stereocenters. The average molecular weight is 145 g/mol. The summed E-state index contributed by atoms with van der Waals surface area (Å²) >= 11 is 0. The van der Waals surface area contributed by atoms with Gasteiger partial charge in [0.2, 0.25) is 0 Å². The van der Waals surface area contributed by atoms with Gasteiger partial charge in [-0.1, -0.05) is 0 Å². The van der Waals surface area contributed by atoms with Gasteiger partial charge >= 0.3 is 11.9 Å². The van der Waals surface area contributed by atoms with Crippen LogP contribution in [0.1, 0.15) is 0 Å². The minimum Gasteiger partial charge on any atom is -0.478 e. The monoisotopic (exact) mass is 145 g/mol. The van der Waals surface area contributed by atoms with Crippen LogP contribution in [0, 0.1) is 0 Å². The molecule has 0 heterocycles. The SMILES string of the molecule is NCOC(=O)/C=C/C(=O)O. The van der Waals surface area contributed by atoms with E-state index in [2.05, 4.69) is 4.74 Å². The van der Waals surface area contributed by atoms with Crippen molar-refractivity contribution in [1.82, 2.24) is 0 Å². The fraction of sp³-hybridized carbons (Fsp3) is 0.200. The first kappa shape index (κ1) is 8.64. The zero-order chi connectivity index (χ0) is 7.98. The summed E-state index contributed by atoms with van der Waals surface area (Å²) in [5.41, 5.74) is 4.81. The topological polar surface area (TPSA) is 89.6 Å². The van der Waals surface area contributed by atoms with Crippen LogP contribution in [0.2, 0.25) is 0 Å². The molecule has 0 saturated carbocycles. The number of hydrogen-bond donors (Lipinski definition) is 2. The van der Waals surface area contributed by atoms with Gasteiger partial charge in [-0.05, 0) is 0 Å². The Balaban J connectivity index is 3.67. The molecule has 0 aromatic heterocycles. The molecule has 0 bridgehead atoms. The van der Waals surface area contributed by atoms with E-state index in [0.717, 1.165) is 6.08 Å². The Morgan fingerprint density at radius 1 is 1.50 bits per heavy atom. The second-order valence-electron chi connectivity index (χ2n) is 1.30. The third kappa shape index (κ3) is 4.79. The molecule has 0 aliphatic carbocycles. The fourth-order valence-corrected chi connectivity index (χ4v) is 0.270. The molecule has 0 saturated heterocycles. The Hall–Kier alpha value is -1.36. The molecule has 0 amide bonds. The van der Waals surface area contributed by atoms with Gasteiger partial charge < -0.3 is 9.84 Å². The number of nitrogens with two attached hydrogens (primary N) is 1. The van der Waals surface area contributed by atoms with Gasteiger partial charge in [-0.15, -0.1) is 0 Å². The van der Waals surface area contributed by atoms with E-state index in [1.165, 1.54) is 0 Å². The third-order valence-corrected chi connectivity index (χ3v) is 0.588. The van der Waals surface area contributed by atoms with Gasteiger partial charge in [-0.25, -0.2) is 9.59 Å². The highest BCUT2D eigenvalue weighted by Crippen LogP contribution is 1.78. The van der Waals surface area contributed by atoms with E-state index in [9.17, 15) is 9.59 Å². The van der Waals surface area contributed by atoms with Crippen LogP contribution >= 0.6 is 0 Å². The Labute approximate surface area is 57.1 Å². The number of hydrogen-bond acceptors (Lipinski definition) is 4. The molecule has 5 nitrogen and oxygen atoms in total. The molecule has 0 aromatic carbocycles. The van der Waals surface area contributed by atoms with E-state index >= 15 is 0 Å². The lowest BCUT2D eigenvalue weighted by Gasteiger charge is -1.92. The zero-order valence-electron chi connectivity index (χ0n) is 5.11. The van der Waals surface area contributed by atoms with Crippen LogP contribution < -0.4 is 5.73 Å². The van der Waals surface area contributed by atoms with Crippen LogP contribution in [-0.4, -0.2) is 23.8 Å². The van der Waals surface area contributed by atoms with Gasteiger partial charge in [-0.2, -0.15) is 0 Å². The molecule has 0 aliphatic rings. The van der Waals surface area contributed by atoms with Crippen LogP contribution in [0.5, 0.6) is 0 Å². The summed E-state index contributed by atoms with van der Waals surface area (Å²) in [6.45, 7) is -0.247. The maximum absolute atomic E-state index is 10.3. The van der Waals surface area contributed by atoms with E-state index in [-0.39, 0.29) is 6.73 Å². The highest BCUT2D eigenvalue weighted by Gasteiger charge is 1.94. The lowest BCUT2D eigenvalue weighted by atomic mass is 10.5. The summed E-state index contributed by atoms with van der Waals surface area (Å²) in [5.74, 6) is -1.96. The molecule has 0 unspecified atom stereocenters. The van der Waals surface area contributed by atoms with Crippen molar-refractivity contribution in [3.63, 3.8) is 0 Å². The summed E-state index contributed by atoms with van der Waals surface area (Å²) in [6.07, 6.45) is 1.47.